The molecule has 7 heteroatoms. The maximum Gasteiger partial charge on any atom is 0.341 e. The summed E-state index contributed by atoms with van der Waals surface area (Å²) in [4.78, 5) is 37.6. The molecule has 1 aliphatic rings. The third kappa shape index (κ3) is 4.33. The third-order valence-electron chi connectivity index (χ3n) is 4.43. The molecule has 1 aromatic heterocycles. The molecule has 0 bridgehead atoms. The molecule has 2 N–H and O–H groups in total. The molecule has 26 heavy (non-hydrogen) atoms. The van der Waals surface area contributed by atoms with E-state index in [1.807, 2.05) is 19.9 Å². The van der Waals surface area contributed by atoms with Gasteiger partial charge in [0.1, 0.15) is 5.00 Å². The van der Waals surface area contributed by atoms with Crippen molar-refractivity contribution in [1.82, 2.24) is 0 Å². The Morgan fingerprint density at radius 1 is 1.27 bits per heavy atom. The number of thiophene rings is 1. The van der Waals surface area contributed by atoms with E-state index in [2.05, 4.69) is 5.32 Å². The van der Waals surface area contributed by atoms with Gasteiger partial charge in [-0.15, -0.1) is 11.3 Å². The van der Waals surface area contributed by atoms with Crippen molar-refractivity contribution in [2.24, 2.45) is 11.8 Å². The first-order valence-corrected chi connectivity index (χ1v) is 9.59. The number of hydrogen-bond donors (Lipinski definition) is 2. The van der Waals surface area contributed by atoms with E-state index in [1.165, 1.54) is 11.3 Å². The van der Waals surface area contributed by atoms with E-state index in [0.29, 0.717) is 29.8 Å². The van der Waals surface area contributed by atoms with Crippen LogP contribution < -0.4 is 5.32 Å². The molecule has 0 spiro atoms. The lowest BCUT2D eigenvalue weighted by Crippen LogP contribution is -2.34. The zero-order valence-electron chi connectivity index (χ0n) is 15.5. The van der Waals surface area contributed by atoms with E-state index in [4.69, 9.17) is 4.74 Å². The summed E-state index contributed by atoms with van der Waals surface area (Å²) in [6, 6.07) is 0. The number of carboxylic acids is 1. The van der Waals surface area contributed by atoms with Crippen LogP contribution in [-0.4, -0.2) is 29.1 Å². The summed E-state index contributed by atoms with van der Waals surface area (Å²) in [7, 11) is 0. The molecule has 142 valence electrons. The fourth-order valence-corrected chi connectivity index (χ4v) is 4.30. The van der Waals surface area contributed by atoms with Crippen LogP contribution in [0.15, 0.2) is 12.2 Å². The number of rotatable bonds is 6. The molecule has 0 saturated heterocycles. The molecule has 0 fully saturated rings. The monoisotopic (exact) mass is 379 g/mol. The second-order valence-corrected chi connectivity index (χ2v) is 7.86. The van der Waals surface area contributed by atoms with Crippen molar-refractivity contribution in [2.45, 2.75) is 53.1 Å². The summed E-state index contributed by atoms with van der Waals surface area (Å²) in [5.41, 5.74) is 1.24. The van der Waals surface area contributed by atoms with Gasteiger partial charge in [0.25, 0.3) is 0 Å². The molecule has 0 unspecified atom stereocenters. The number of carboxylic acid groups (broad SMARTS) is 1. The smallest absolute Gasteiger partial charge is 0.341 e. The van der Waals surface area contributed by atoms with Gasteiger partial charge in [0.2, 0.25) is 5.91 Å². The molecule has 2 rings (SSSR count). The van der Waals surface area contributed by atoms with Gasteiger partial charge in [-0.3, -0.25) is 9.59 Å². The quantitative estimate of drug-likeness (QED) is 0.579. The largest absolute Gasteiger partial charge is 0.481 e. The molecular formula is C19H25NO5S. The van der Waals surface area contributed by atoms with Crippen LogP contribution >= 0.6 is 11.3 Å². The molecule has 6 nitrogen and oxygen atoms in total. The number of hydrogen-bond acceptors (Lipinski definition) is 5. The number of carbonyl (C=O) groups is 3. The highest BCUT2D eigenvalue weighted by Crippen LogP contribution is 2.36. The highest BCUT2D eigenvalue weighted by molar-refractivity contribution is 7.16. The summed E-state index contributed by atoms with van der Waals surface area (Å²) in [6.07, 6.45) is 4.70. The number of ether oxygens (including phenoxy) is 1. The highest BCUT2D eigenvalue weighted by atomic mass is 32.1. The molecule has 1 amide bonds. The molecule has 1 aliphatic carbocycles. The number of anilines is 1. The first kappa shape index (κ1) is 20.2. The first-order chi connectivity index (χ1) is 12.3. The maximum atomic E-state index is 12.7. The molecule has 0 aromatic carbocycles. The number of aliphatic carboxylic acids is 1. The van der Waals surface area contributed by atoms with Gasteiger partial charge in [0.15, 0.2) is 0 Å². The van der Waals surface area contributed by atoms with Gasteiger partial charge in [-0.25, -0.2) is 4.79 Å². The van der Waals surface area contributed by atoms with E-state index >= 15 is 0 Å². The van der Waals surface area contributed by atoms with Crippen LogP contribution in [-0.2, 0) is 20.7 Å². The molecule has 0 radical (unpaired) electrons. The van der Waals surface area contributed by atoms with E-state index in [0.717, 1.165) is 10.4 Å². The summed E-state index contributed by atoms with van der Waals surface area (Å²) < 4.78 is 5.33. The van der Waals surface area contributed by atoms with Crippen LogP contribution in [0.4, 0.5) is 5.00 Å². The summed E-state index contributed by atoms with van der Waals surface area (Å²) in [6.45, 7) is 7.38. The minimum Gasteiger partial charge on any atom is -0.481 e. The Bertz CT molecular complexity index is 735. The van der Waals surface area contributed by atoms with Crippen molar-refractivity contribution >= 4 is 34.2 Å². The molecule has 2 atom stereocenters. The summed E-state index contributed by atoms with van der Waals surface area (Å²) >= 11 is 1.32. The third-order valence-corrected chi connectivity index (χ3v) is 5.50. The number of esters is 1. The van der Waals surface area contributed by atoms with E-state index in [1.54, 1.807) is 19.9 Å². The Hall–Kier alpha value is -2.15. The van der Waals surface area contributed by atoms with Crippen molar-refractivity contribution in [3.05, 3.63) is 28.2 Å². The topological polar surface area (TPSA) is 92.7 Å². The number of nitrogens with one attached hydrogen (secondary N) is 1. The Morgan fingerprint density at radius 2 is 1.88 bits per heavy atom. The predicted molar refractivity (Wildman–Crippen MR) is 101 cm³/mol. The van der Waals surface area contributed by atoms with Gasteiger partial charge in [-0.05, 0) is 45.6 Å². The normalized spacial score (nSPS) is 19.4. The van der Waals surface area contributed by atoms with E-state index < -0.39 is 23.8 Å². The van der Waals surface area contributed by atoms with Crippen LogP contribution in [0.1, 0.15) is 54.4 Å². The fraction of sp³-hybridized carbons (Fsp3) is 0.526. The van der Waals surface area contributed by atoms with Crippen LogP contribution in [0, 0.1) is 18.8 Å². The maximum absolute atomic E-state index is 12.7. The minimum atomic E-state index is -0.981. The van der Waals surface area contributed by atoms with Gasteiger partial charge in [-0.2, -0.15) is 0 Å². The predicted octanol–water partition coefficient (Wildman–Crippen LogP) is 3.79. The number of allylic oxidation sites excluding steroid dienone is 2. The Labute approximate surface area is 157 Å². The van der Waals surface area contributed by atoms with Crippen molar-refractivity contribution in [3.63, 3.8) is 0 Å². The molecule has 1 heterocycles. The standard InChI is InChI=1S/C19H25NO5S/c1-5-12-11(4)26-17(15(12)19(24)25-10(2)3)20-16(21)13-8-6-7-9-14(13)18(22)23/h6-7,10,13-14H,5,8-9H2,1-4H3,(H,20,21)(H,22,23)/t13-,14-/m0/s1. The van der Waals surface area contributed by atoms with Gasteiger partial charge >= 0.3 is 11.9 Å². The van der Waals surface area contributed by atoms with Gasteiger partial charge < -0.3 is 15.2 Å². The van der Waals surface area contributed by atoms with Gasteiger partial charge in [0, 0.05) is 4.88 Å². The van der Waals surface area contributed by atoms with E-state index in [9.17, 15) is 19.5 Å². The Kier molecular flexibility index (Phi) is 6.58. The number of aryl methyl sites for hydroxylation is 1. The minimum absolute atomic E-state index is 0.268. The molecular weight excluding hydrogens is 354 g/mol. The van der Waals surface area contributed by atoms with Gasteiger partial charge in [0.05, 0.1) is 23.5 Å². The second-order valence-electron chi connectivity index (χ2n) is 6.63. The lowest BCUT2D eigenvalue weighted by Gasteiger charge is -2.24. The number of amides is 1. The first-order valence-electron chi connectivity index (χ1n) is 8.78. The zero-order valence-corrected chi connectivity index (χ0v) is 16.3. The zero-order chi connectivity index (χ0) is 19.4. The number of carbonyl (C=O) groups excluding carboxylic acids is 2. The SMILES string of the molecule is CCc1c(C)sc(NC(=O)[C@H]2CC=CC[C@@H]2C(=O)O)c1C(=O)OC(C)C. The van der Waals surface area contributed by atoms with Crippen molar-refractivity contribution in [1.29, 1.82) is 0 Å². The van der Waals surface area contributed by atoms with Crippen LogP contribution in [0.2, 0.25) is 0 Å². The molecule has 0 aliphatic heterocycles. The highest BCUT2D eigenvalue weighted by Gasteiger charge is 2.35. The fourth-order valence-electron chi connectivity index (χ4n) is 3.16. The lowest BCUT2D eigenvalue weighted by molar-refractivity contribution is -0.146. The van der Waals surface area contributed by atoms with Crippen molar-refractivity contribution < 1.29 is 24.2 Å². The Morgan fingerprint density at radius 3 is 2.42 bits per heavy atom. The molecule has 0 saturated carbocycles. The van der Waals surface area contributed by atoms with Crippen LogP contribution in [0.3, 0.4) is 0 Å². The van der Waals surface area contributed by atoms with Crippen molar-refractivity contribution in [2.75, 3.05) is 5.32 Å². The Balaban J connectivity index is 2.31. The summed E-state index contributed by atoms with van der Waals surface area (Å²) in [5, 5.41) is 12.6. The van der Waals surface area contributed by atoms with Crippen LogP contribution in [0.25, 0.3) is 0 Å². The average molecular weight is 379 g/mol. The van der Waals surface area contributed by atoms with E-state index in [-0.39, 0.29) is 12.0 Å². The summed E-state index contributed by atoms with van der Waals surface area (Å²) in [5.74, 6) is -3.22. The lowest BCUT2D eigenvalue weighted by atomic mass is 9.82. The second kappa shape index (κ2) is 8.49. The van der Waals surface area contributed by atoms with Gasteiger partial charge in [-0.1, -0.05) is 19.1 Å². The molecule has 1 aromatic rings. The van der Waals surface area contributed by atoms with Crippen LogP contribution in [0.5, 0.6) is 0 Å². The van der Waals surface area contributed by atoms with Crippen molar-refractivity contribution in [3.8, 4) is 0 Å². The average Bonchev–Trinajstić information content (AvgIpc) is 2.89.